The standard InChI is InChI=1S/C22H26FN7O/c1-14-5-6-18(12-19(14)23)26-22(31)29-9-7-28(8-10-29)20-13-21(25-17(4)24-20)30-16(3)11-15(2)27-30/h5-6,11-13H,7-10H2,1-4H3,(H,26,31). The van der Waals surface area contributed by atoms with Gasteiger partial charge in [0.05, 0.1) is 5.69 Å². The summed E-state index contributed by atoms with van der Waals surface area (Å²) >= 11 is 0. The monoisotopic (exact) mass is 423 g/mol. The minimum absolute atomic E-state index is 0.231. The zero-order chi connectivity index (χ0) is 22.1. The van der Waals surface area contributed by atoms with Crippen LogP contribution in [-0.2, 0) is 0 Å². The number of carbonyl (C=O) groups is 1. The number of aromatic nitrogens is 4. The Morgan fingerprint density at radius 1 is 0.968 bits per heavy atom. The van der Waals surface area contributed by atoms with Crippen molar-refractivity contribution in [3.05, 3.63) is 58.9 Å². The number of amides is 2. The fraction of sp³-hybridized carbons (Fsp3) is 0.364. The third kappa shape index (κ3) is 4.50. The molecule has 162 valence electrons. The Morgan fingerprint density at radius 2 is 1.68 bits per heavy atom. The van der Waals surface area contributed by atoms with Crippen molar-refractivity contribution in [1.29, 1.82) is 0 Å². The summed E-state index contributed by atoms with van der Waals surface area (Å²) < 4.78 is 15.6. The van der Waals surface area contributed by atoms with Crippen molar-refractivity contribution in [2.75, 3.05) is 36.4 Å². The predicted molar refractivity (Wildman–Crippen MR) is 117 cm³/mol. The average molecular weight is 423 g/mol. The van der Waals surface area contributed by atoms with Gasteiger partial charge in [0.15, 0.2) is 5.82 Å². The number of hydrogen-bond acceptors (Lipinski definition) is 5. The second-order valence-corrected chi connectivity index (χ2v) is 7.84. The average Bonchev–Trinajstić information content (AvgIpc) is 3.08. The van der Waals surface area contributed by atoms with Gasteiger partial charge in [-0.05, 0) is 51.5 Å². The maximum atomic E-state index is 13.7. The first-order valence-electron chi connectivity index (χ1n) is 10.3. The third-order valence-electron chi connectivity index (χ3n) is 5.35. The maximum Gasteiger partial charge on any atom is 0.321 e. The molecule has 0 bridgehead atoms. The number of carbonyl (C=O) groups excluding carboxylic acids is 1. The molecule has 2 amide bonds. The number of piperazine rings is 1. The van der Waals surface area contributed by atoms with Crippen LogP contribution >= 0.6 is 0 Å². The summed E-state index contributed by atoms with van der Waals surface area (Å²) in [4.78, 5) is 25.6. The van der Waals surface area contributed by atoms with E-state index < -0.39 is 0 Å². The quantitative estimate of drug-likeness (QED) is 0.699. The molecule has 3 aromatic rings. The van der Waals surface area contributed by atoms with E-state index in [2.05, 4.69) is 25.3 Å². The highest BCUT2D eigenvalue weighted by molar-refractivity contribution is 5.89. The van der Waals surface area contributed by atoms with E-state index >= 15 is 0 Å². The number of anilines is 2. The van der Waals surface area contributed by atoms with Crippen molar-refractivity contribution < 1.29 is 9.18 Å². The lowest BCUT2D eigenvalue weighted by atomic mass is 10.2. The summed E-state index contributed by atoms with van der Waals surface area (Å²) in [6.45, 7) is 9.86. The third-order valence-corrected chi connectivity index (χ3v) is 5.35. The first-order chi connectivity index (χ1) is 14.8. The van der Waals surface area contributed by atoms with Crippen LogP contribution in [0.1, 0.15) is 22.8 Å². The fourth-order valence-electron chi connectivity index (χ4n) is 3.68. The zero-order valence-corrected chi connectivity index (χ0v) is 18.2. The van der Waals surface area contributed by atoms with E-state index in [1.54, 1.807) is 24.0 Å². The Hall–Kier alpha value is -3.49. The second kappa shape index (κ2) is 8.33. The molecular weight excluding hydrogens is 397 g/mol. The molecule has 0 saturated carbocycles. The summed E-state index contributed by atoms with van der Waals surface area (Å²) in [7, 11) is 0. The van der Waals surface area contributed by atoms with Crippen LogP contribution in [0.4, 0.5) is 20.7 Å². The molecule has 0 spiro atoms. The Kier molecular flexibility index (Phi) is 5.58. The van der Waals surface area contributed by atoms with Crippen LogP contribution in [0.15, 0.2) is 30.3 Å². The first-order valence-corrected chi connectivity index (χ1v) is 10.3. The van der Waals surface area contributed by atoms with Crippen molar-refractivity contribution in [3.63, 3.8) is 0 Å². The zero-order valence-electron chi connectivity index (χ0n) is 18.2. The van der Waals surface area contributed by atoms with E-state index in [9.17, 15) is 9.18 Å². The molecule has 1 aromatic carbocycles. The molecule has 0 unspecified atom stereocenters. The van der Waals surface area contributed by atoms with Crippen LogP contribution in [0.3, 0.4) is 0 Å². The van der Waals surface area contributed by atoms with Gasteiger partial charge in [-0.25, -0.2) is 23.8 Å². The number of aryl methyl sites for hydroxylation is 4. The molecule has 1 saturated heterocycles. The van der Waals surface area contributed by atoms with Crippen molar-refractivity contribution in [2.45, 2.75) is 27.7 Å². The highest BCUT2D eigenvalue weighted by Crippen LogP contribution is 2.20. The van der Waals surface area contributed by atoms with E-state index in [1.807, 2.05) is 37.6 Å². The molecule has 1 aliphatic rings. The van der Waals surface area contributed by atoms with E-state index in [1.165, 1.54) is 6.07 Å². The van der Waals surface area contributed by atoms with Gasteiger partial charge in [-0.3, -0.25) is 0 Å². The predicted octanol–water partition coefficient (Wildman–Crippen LogP) is 3.39. The molecule has 31 heavy (non-hydrogen) atoms. The van der Waals surface area contributed by atoms with Crippen LogP contribution in [0.2, 0.25) is 0 Å². The lowest BCUT2D eigenvalue weighted by molar-refractivity contribution is 0.208. The lowest BCUT2D eigenvalue weighted by Gasteiger charge is -2.35. The van der Waals surface area contributed by atoms with Gasteiger partial charge in [0, 0.05) is 43.6 Å². The maximum absolute atomic E-state index is 13.7. The van der Waals surface area contributed by atoms with Gasteiger partial charge in [-0.15, -0.1) is 0 Å². The Labute approximate surface area is 180 Å². The highest BCUT2D eigenvalue weighted by Gasteiger charge is 2.23. The molecule has 8 nitrogen and oxygen atoms in total. The van der Waals surface area contributed by atoms with Crippen molar-refractivity contribution in [3.8, 4) is 5.82 Å². The number of nitrogens with one attached hydrogen (secondary N) is 1. The summed E-state index contributed by atoms with van der Waals surface area (Å²) in [5, 5.41) is 7.29. The van der Waals surface area contributed by atoms with Gasteiger partial charge in [-0.1, -0.05) is 6.07 Å². The van der Waals surface area contributed by atoms with E-state index in [4.69, 9.17) is 0 Å². The van der Waals surface area contributed by atoms with Crippen LogP contribution < -0.4 is 10.2 Å². The summed E-state index contributed by atoms with van der Waals surface area (Å²) in [6, 6.07) is 8.40. The first kappa shape index (κ1) is 20.8. The molecule has 9 heteroatoms. The largest absolute Gasteiger partial charge is 0.353 e. The molecule has 1 aliphatic heterocycles. The number of hydrogen-bond donors (Lipinski definition) is 1. The number of nitrogens with zero attached hydrogens (tertiary/aromatic N) is 6. The van der Waals surface area contributed by atoms with Crippen molar-refractivity contribution >= 4 is 17.5 Å². The second-order valence-electron chi connectivity index (χ2n) is 7.84. The van der Waals surface area contributed by atoms with Gasteiger partial charge >= 0.3 is 6.03 Å². The van der Waals surface area contributed by atoms with Gasteiger partial charge in [-0.2, -0.15) is 5.10 Å². The SMILES string of the molecule is Cc1cc(C)n(-c2cc(N3CCN(C(=O)Nc4ccc(C)c(F)c4)CC3)nc(C)n2)n1. The summed E-state index contributed by atoms with van der Waals surface area (Å²) in [6.07, 6.45) is 0. The van der Waals surface area contributed by atoms with Crippen LogP contribution in [-0.4, -0.2) is 56.9 Å². The van der Waals surface area contributed by atoms with E-state index in [0.29, 0.717) is 43.3 Å². The molecule has 0 aliphatic carbocycles. The molecule has 4 rings (SSSR count). The van der Waals surface area contributed by atoms with Crippen molar-refractivity contribution in [2.24, 2.45) is 0 Å². The van der Waals surface area contributed by atoms with E-state index in [-0.39, 0.29) is 11.8 Å². The van der Waals surface area contributed by atoms with E-state index in [0.717, 1.165) is 23.0 Å². The fourth-order valence-corrected chi connectivity index (χ4v) is 3.68. The lowest BCUT2D eigenvalue weighted by Crippen LogP contribution is -2.50. The van der Waals surface area contributed by atoms with Gasteiger partial charge in [0.1, 0.15) is 17.5 Å². The van der Waals surface area contributed by atoms with Crippen molar-refractivity contribution in [1.82, 2.24) is 24.6 Å². The van der Waals surface area contributed by atoms with Crippen LogP contribution in [0.5, 0.6) is 0 Å². The Morgan fingerprint density at radius 3 is 2.32 bits per heavy atom. The van der Waals surface area contributed by atoms with Gasteiger partial charge in [0.2, 0.25) is 0 Å². The Balaban J connectivity index is 1.43. The van der Waals surface area contributed by atoms with Crippen LogP contribution in [0, 0.1) is 33.5 Å². The molecule has 2 aromatic heterocycles. The molecule has 1 fully saturated rings. The normalized spacial score (nSPS) is 14.1. The molecule has 3 heterocycles. The van der Waals surface area contributed by atoms with Crippen LogP contribution in [0.25, 0.3) is 5.82 Å². The van der Waals surface area contributed by atoms with Gasteiger partial charge < -0.3 is 15.1 Å². The smallest absolute Gasteiger partial charge is 0.321 e. The minimum atomic E-state index is -0.333. The number of halogens is 1. The molecule has 0 atom stereocenters. The molecule has 1 N–H and O–H groups in total. The minimum Gasteiger partial charge on any atom is -0.353 e. The summed E-state index contributed by atoms with van der Waals surface area (Å²) in [5.41, 5.74) is 2.95. The molecule has 0 radical (unpaired) electrons. The summed E-state index contributed by atoms with van der Waals surface area (Å²) in [5.74, 6) is 1.88. The highest BCUT2D eigenvalue weighted by atomic mass is 19.1. The number of rotatable bonds is 3. The number of urea groups is 1. The molecular formula is C22H26FN7O. The Bertz CT molecular complexity index is 1120. The number of benzene rings is 1. The topological polar surface area (TPSA) is 79.2 Å². The van der Waals surface area contributed by atoms with Gasteiger partial charge in [0.25, 0.3) is 0 Å².